The molecule has 1 aromatic carbocycles. The second kappa shape index (κ2) is 13.7. The molecule has 2 N–H and O–H groups in total. The summed E-state index contributed by atoms with van der Waals surface area (Å²) in [5.74, 6) is -0.0456. The predicted molar refractivity (Wildman–Crippen MR) is 116 cm³/mol. The van der Waals surface area contributed by atoms with Crippen LogP contribution in [0.2, 0.25) is 0 Å². The van der Waals surface area contributed by atoms with Crippen molar-refractivity contribution in [2.75, 3.05) is 5.32 Å². The molecule has 3 rings (SSSR count). The SMILES string of the molecule is C=C(C)CCC.CC.CC.O=C1Nc2ccccc2C1=Cc1ccc[nH]1. The van der Waals surface area contributed by atoms with Crippen LogP contribution in [0.15, 0.2) is 54.7 Å². The van der Waals surface area contributed by atoms with E-state index < -0.39 is 0 Å². The number of carbonyl (C=O) groups excluding carboxylic acids is 1. The van der Waals surface area contributed by atoms with Crippen LogP contribution in [0.5, 0.6) is 0 Å². The van der Waals surface area contributed by atoms with Crippen molar-refractivity contribution in [2.24, 2.45) is 0 Å². The number of para-hydroxylation sites is 1. The molecule has 0 aliphatic carbocycles. The number of H-pyrrole nitrogens is 1. The van der Waals surface area contributed by atoms with E-state index in [1.54, 1.807) is 0 Å². The minimum absolute atomic E-state index is 0.0456. The van der Waals surface area contributed by atoms with Crippen LogP contribution in [0, 0.1) is 0 Å². The Balaban J connectivity index is 0.000000533. The maximum atomic E-state index is 11.8. The van der Waals surface area contributed by atoms with Crippen molar-refractivity contribution in [1.82, 2.24) is 4.98 Å². The Bertz CT molecular complexity index is 682. The van der Waals surface area contributed by atoms with Gasteiger partial charge in [-0.3, -0.25) is 4.79 Å². The highest BCUT2D eigenvalue weighted by Gasteiger charge is 2.23. The Morgan fingerprint density at radius 2 is 1.73 bits per heavy atom. The van der Waals surface area contributed by atoms with Gasteiger partial charge in [-0.25, -0.2) is 0 Å². The molecule has 0 bridgehead atoms. The average Bonchev–Trinajstić information content (AvgIpc) is 3.28. The van der Waals surface area contributed by atoms with Gasteiger partial charge in [-0.15, -0.1) is 6.58 Å². The molecule has 0 saturated carbocycles. The summed E-state index contributed by atoms with van der Waals surface area (Å²) in [4.78, 5) is 14.8. The number of rotatable bonds is 3. The molecule has 0 fully saturated rings. The molecule has 0 saturated heterocycles. The summed E-state index contributed by atoms with van der Waals surface area (Å²) in [5, 5.41) is 2.84. The van der Waals surface area contributed by atoms with E-state index >= 15 is 0 Å². The molecule has 26 heavy (non-hydrogen) atoms. The Kier molecular flexibility index (Phi) is 12.4. The smallest absolute Gasteiger partial charge is 0.256 e. The fourth-order valence-corrected chi connectivity index (χ4v) is 2.30. The number of hydrogen-bond acceptors (Lipinski definition) is 1. The van der Waals surface area contributed by atoms with E-state index in [4.69, 9.17) is 0 Å². The van der Waals surface area contributed by atoms with E-state index in [9.17, 15) is 4.79 Å². The van der Waals surface area contributed by atoms with E-state index in [1.807, 2.05) is 76.4 Å². The summed E-state index contributed by atoms with van der Waals surface area (Å²) in [7, 11) is 0. The highest BCUT2D eigenvalue weighted by Crippen LogP contribution is 2.32. The van der Waals surface area contributed by atoms with Crippen molar-refractivity contribution < 1.29 is 4.79 Å². The van der Waals surface area contributed by atoms with Gasteiger partial charge in [0.15, 0.2) is 0 Å². The third-order valence-electron chi connectivity index (χ3n) is 3.31. The Labute approximate surface area is 159 Å². The summed E-state index contributed by atoms with van der Waals surface area (Å²) >= 11 is 0. The number of fused-ring (bicyclic) bond motifs is 1. The van der Waals surface area contributed by atoms with Gasteiger partial charge in [0.1, 0.15) is 0 Å². The van der Waals surface area contributed by atoms with Crippen LogP contribution in [0.4, 0.5) is 5.69 Å². The number of anilines is 1. The molecule has 3 heteroatoms. The van der Waals surface area contributed by atoms with Crippen molar-refractivity contribution in [3.05, 3.63) is 66.0 Å². The van der Waals surface area contributed by atoms with Gasteiger partial charge >= 0.3 is 0 Å². The van der Waals surface area contributed by atoms with Crippen LogP contribution in [0.1, 0.15) is 65.6 Å². The number of benzene rings is 1. The van der Waals surface area contributed by atoms with Crippen LogP contribution in [0.25, 0.3) is 11.6 Å². The molecule has 1 aliphatic rings. The molecule has 2 aromatic rings. The van der Waals surface area contributed by atoms with Crippen molar-refractivity contribution in [2.45, 2.75) is 54.4 Å². The number of amides is 1. The Morgan fingerprint density at radius 3 is 2.23 bits per heavy atom. The Morgan fingerprint density at radius 1 is 1.08 bits per heavy atom. The lowest BCUT2D eigenvalue weighted by atomic mass is 10.1. The van der Waals surface area contributed by atoms with E-state index in [0.717, 1.165) is 16.9 Å². The van der Waals surface area contributed by atoms with E-state index in [0.29, 0.717) is 5.57 Å². The first kappa shape index (κ1) is 23.4. The maximum Gasteiger partial charge on any atom is 0.256 e. The monoisotopic (exact) mass is 354 g/mol. The first-order chi connectivity index (χ1) is 12.6. The third-order valence-corrected chi connectivity index (χ3v) is 3.31. The van der Waals surface area contributed by atoms with Crippen molar-refractivity contribution in [3.8, 4) is 0 Å². The molecule has 3 nitrogen and oxygen atoms in total. The maximum absolute atomic E-state index is 11.8. The van der Waals surface area contributed by atoms with Gasteiger partial charge in [0.2, 0.25) is 0 Å². The van der Waals surface area contributed by atoms with E-state index in [2.05, 4.69) is 30.7 Å². The first-order valence-electron chi connectivity index (χ1n) is 9.52. The zero-order valence-corrected chi connectivity index (χ0v) is 17.1. The lowest BCUT2D eigenvalue weighted by molar-refractivity contribution is -0.110. The summed E-state index contributed by atoms with van der Waals surface area (Å²) < 4.78 is 0. The van der Waals surface area contributed by atoms with Crippen molar-refractivity contribution in [3.63, 3.8) is 0 Å². The summed E-state index contributed by atoms with van der Waals surface area (Å²) in [6.07, 6.45) is 6.11. The van der Waals surface area contributed by atoms with Gasteiger partial charge in [0, 0.05) is 23.1 Å². The minimum atomic E-state index is -0.0456. The number of carbonyl (C=O) groups is 1. The van der Waals surface area contributed by atoms with Gasteiger partial charge in [-0.1, -0.05) is 64.8 Å². The average molecular weight is 355 g/mol. The largest absolute Gasteiger partial charge is 0.362 e. The second-order valence-electron chi connectivity index (χ2n) is 5.39. The normalized spacial score (nSPS) is 12.4. The minimum Gasteiger partial charge on any atom is -0.362 e. The number of hydrogen-bond donors (Lipinski definition) is 2. The van der Waals surface area contributed by atoms with Crippen LogP contribution in [0.3, 0.4) is 0 Å². The summed E-state index contributed by atoms with van der Waals surface area (Å²) in [5.41, 5.74) is 4.77. The van der Waals surface area contributed by atoms with Gasteiger partial charge < -0.3 is 10.3 Å². The van der Waals surface area contributed by atoms with Crippen LogP contribution in [-0.4, -0.2) is 10.9 Å². The highest BCUT2D eigenvalue weighted by atomic mass is 16.2. The molecular weight excluding hydrogens is 320 g/mol. The standard InChI is InChI=1S/C13H10N2O.C6H12.2C2H6/c16-13-11(8-9-4-3-7-14-9)10-5-1-2-6-12(10)15-13;1-4-5-6(2)3;2*1-2/h1-8,14H,(H,15,16);2,4-5H2,1,3H3;2*1-2H3. The lowest BCUT2D eigenvalue weighted by Crippen LogP contribution is -2.03. The molecule has 1 aromatic heterocycles. The zero-order chi connectivity index (χ0) is 19.9. The van der Waals surface area contributed by atoms with Crippen LogP contribution in [-0.2, 0) is 4.79 Å². The molecule has 0 unspecified atom stereocenters. The predicted octanol–water partition coefficient (Wildman–Crippen LogP) is 6.92. The van der Waals surface area contributed by atoms with Crippen LogP contribution < -0.4 is 5.32 Å². The molecule has 0 radical (unpaired) electrons. The lowest BCUT2D eigenvalue weighted by Gasteiger charge is -1.95. The number of nitrogens with one attached hydrogen (secondary N) is 2. The third kappa shape index (κ3) is 7.56. The Hall–Kier alpha value is -2.55. The van der Waals surface area contributed by atoms with Crippen LogP contribution >= 0.6 is 0 Å². The number of allylic oxidation sites excluding steroid dienone is 1. The fraction of sp³-hybridized carbons (Fsp3) is 0.348. The summed E-state index contributed by atoms with van der Waals surface area (Å²) in [6, 6.07) is 11.5. The molecule has 142 valence electrons. The fourth-order valence-electron chi connectivity index (χ4n) is 2.30. The molecule has 0 spiro atoms. The molecule has 2 heterocycles. The molecule has 1 amide bonds. The van der Waals surface area contributed by atoms with E-state index in [1.165, 1.54) is 18.4 Å². The van der Waals surface area contributed by atoms with Gasteiger partial charge in [-0.2, -0.15) is 0 Å². The van der Waals surface area contributed by atoms with Crippen molar-refractivity contribution >= 4 is 23.2 Å². The number of aromatic amines is 1. The van der Waals surface area contributed by atoms with Gasteiger partial charge in [0.05, 0.1) is 5.57 Å². The van der Waals surface area contributed by atoms with E-state index in [-0.39, 0.29) is 5.91 Å². The molecule has 0 atom stereocenters. The quantitative estimate of drug-likeness (QED) is 0.456. The second-order valence-corrected chi connectivity index (χ2v) is 5.39. The summed E-state index contributed by atoms with van der Waals surface area (Å²) in [6.45, 7) is 16.0. The topological polar surface area (TPSA) is 44.9 Å². The number of aromatic nitrogens is 1. The van der Waals surface area contributed by atoms with Gasteiger partial charge in [0.25, 0.3) is 5.91 Å². The van der Waals surface area contributed by atoms with Gasteiger partial charge in [-0.05, 0) is 37.6 Å². The molecular formula is C23H34N2O. The zero-order valence-electron chi connectivity index (χ0n) is 17.1. The van der Waals surface area contributed by atoms with Crippen molar-refractivity contribution in [1.29, 1.82) is 0 Å². The highest BCUT2D eigenvalue weighted by molar-refractivity contribution is 6.34. The first-order valence-corrected chi connectivity index (χ1v) is 9.52. The molecule has 1 aliphatic heterocycles.